The summed E-state index contributed by atoms with van der Waals surface area (Å²) < 4.78 is 49.5. The first kappa shape index (κ1) is 18.6. The van der Waals surface area contributed by atoms with E-state index in [0.29, 0.717) is 0 Å². The van der Waals surface area contributed by atoms with Crippen LogP contribution in [0, 0.1) is 0 Å². The summed E-state index contributed by atoms with van der Waals surface area (Å²) >= 11 is 4.78. The van der Waals surface area contributed by atoms with Crippen molar-refractivity contribution < 1.29 is 27.1 Å². The highest BCUT2D eigenvalue weighted by atomic mass is 32.5. The van der Waals surface area contributed by atoms with Crippen molar-refractivity contribution in [1.29, 1.82) is 0 Å². The third-order valence-electron chi connectivity index (χ3n) is 2.53. The van der Waals surface area contributed by atoms with Gasteiger partial charge in [-0.25, -0.2) is 4.99 Å². The number of rotatable bonds is 5. The number of hydrogen-bond donors (Lipinski definition) is 1. The van der Waals surface area contributed by atoms with Gasteiger partial charge in [0.15, 0.2) is 6.23 Å². The van der Waals surface area contributed by atoms with Gasteiger partial charge in [0.2, 0.25) is 5.84 Å². The number of allylic oxidation sites excluding steroid dienone is 1. The number of alkyl halides is 3. The van der Waals surface area contributed by atoms with E-state index in [-0.39, 0.29) is 12.3 Å². The van der Waals surface area contributed by atoms with Gasteiger partial charge in [0, 0.05) is 11.7 Å². The molecule has 10 heteroatoms. The van der Waals surface area contributed by atoms with Crippen LogP contribution in [0.2, 0.25) is 0 Å². The molecule has 0 fully saturated rings. The highest BCUT2D eigenvalue weighted by molar-refractivity contribution is 8.07. The van der Waals surface area contributed by atoms with E-state index < -0.39 is 31.0 Å². The Morgan fingerprint density at radius 2 is 2.10 bits per heavy atom. The predicted molar refractivity (Wildman–Crippen MR) is 77.2 cm³/mol. The van der Waals surface area contributed by atoms with E-state index in [4.69, 9.17) is 20.9 Å². The molecule has 0 saturated carbocycles. The van der Waals surface area contributed by atoms with Crippen LogP contribution in [0.3, 0.4) is 0 Å². The lowest BCUT2D eigenvalue weighted by Gasteiger charge is -2.39. The summed E-state index contributed by atoms with van der Waals surface area (Å²) in [5.74, 6) is -1.08. The van der Waals surface area contributed by atoms with Crippen LogP contribution in [-0.4, -0.2) is 40.7 Å². The second-order valence-corrected chi connectivity index (χ2v) is 7.41. The summed E-state index contributed by atoms with van der Waals surface area (Å²) in [5.41, 5.74) is 0.135. The van der Waals surface area contributed by atoms with Crippen LogP contribution in [0.4, 0.5) is 13.2 Å². The van der Waals surface area contributed by atoms with Gasteiger partial charge in [0.1, 0.15) is 0 Å². The Morgan fingerprint density at radius 3 is 2.52 bits per heavy atom. The van der Waals surface area contributed by atoms with E-state index in [1.165, 1.54) is 13.0 Å². The van der Waals surface area contributed by atoms with E-state index in [1.54, 1.807) is 20.8 Å². The van der Waals surface area contributed by atoms with Crippen molar-refractivity contribution in [2.75, 3.05) is 6.61 Å². The van der Waals surface area contributed by atoms with Crippen molar-refractivity contribution in [3.63, 3.8) is 0 Å². The van der Waals surface area contributed by atoms with Crippen LogP contribution in [0.15, 0.2) is 16.8 Å². The van der Waals surface area contributed by atoms with E-state index in [2.05, 4.69) is 4.99 Å². The molecule has 2 atom stereocenters. The molecule has 2 unspecified atom stereocenters. The van der Waals surface area contributed by atoms with Gasteiger partial charge in [-0.2, -0.15) is 13.2 Å². The molecule has 1 N–H and O–H groups in total. The maximum absolute atomic E-state index is 13.1. The number of aliphatic imine (C=N–C) groups is 1. The Balaban J connectivity index is 3.14. The summed E-state index contributed by atoms with van der Waals surface area (Å²) in [6.07, 6.45) is -4.45. The summed E-state index contributed by atoms with van der Waals surface area (Å²) in [6.45, 7) is 2.63. The monoisotopic (exact) mass is 346 g/mol. The van der Waals surface area contributed by atoms with Gasteiger partial charge in [-0.05, 0) is 45.6 Å². The molecular weight excluding hydrogens is 328 g/mol. The van der Waals surface area contributed by atoms with Crippen LogP contribution < -0.4 is 0 Å². The van der Waals surface area contributed by atoms with E-state index in [1.807, 2.05) is 0 Å². The normalized spacial score (nSPS) is 22.9. The van der Waals surface area contributed by atoms with Crippen molar-refractivity contribution >= 4 is 24.4 Å². The van der Waals surface area contributed by atoms with Gasteiger partial charge in [-0.15, -0.1) is 0 Å². The maximum atomic E-state index is 13.1. The van der Waals surface area contributed by atoms with Gasteiger partial charge >= 0.3 is 12.9 Å². The minimum Gasteiger partial charge on any atom is -0.324 e. The Kier molecular flexibility index (Phi) is 5.97. The zero-order valence-corrected chi connectivity index (χ0v) is 13.8. The number of hydrogen-bond acceptors (Lipinski definition) is 5. The molecule has 0 aromatic heterocycles. The van der Waals surface area contributed by atoms with E-state index in [9.17, 15) is 18.1 Å². The van der Waals surface area contributed by atoms with Gasteiger partial charge in [-0.1, -0.05) is 0 Å². The Hall–Kier alpha value is -0.470. The minimum atomic E-state index is -4.63. The van der Waals surface area contributed by atoms with Crippen molar-refractivity contribution in [3.05, 3.63) is 11.8 Å². The van der Waals surface area contributed by atoms with Gasteiger partial charge < -0.3 is 14.3 Å². The van der Waals surface area contributed by atoms with Crippen LogP contribution in [-0.2, 0) is 20.9 Å². The SMILES string of the molecule is CCOP(O)(=S)OC1C=C(C)N=C(C(F)(F)F)N1C(C)C. The van der Waals surface area contributed by atoms with Crippen molar-refractivity contribution in [2.24, 2.45) is 4.99 Å². The van der Waals surface area contributed by atoms with Crippen molar-refractivity contribution in [3.8, 4) is 0 Å². The fraction of sp³-hybridized carbons (Fsp3) is 0.727. The summed E-state index contributed by atoms with van der Waals surface area (Å²) in [5, 5.41) is 0. The molecule has 0 spiro atoms. The highest BCUT2D eigenvalue weighted by Gasteiger charge is 2.45. The highest BCUT2D eigenvalue weighted by Crippen LogP contribution is 2.46. The quantitative estimate of drug-likeness (QED) is 0.775. The second kappa shape index (κ2) is 6.75. The fourth-order valence-corrected chi connectivity index (χ4v) is 3.23. The zero-order valence-electron chi connectivity index (χ0n) is 12.1. The molecule has 21 heavy (non-hydrogen) atoms. The average molecular weight is 346 g/mol. The molecular formula is C11H18F3N2O3PS. The topological polar surface area (TPSA) is 54.3 Å². The zero-order chi connectivity index (χ0) is 16.4. The first-order valence-corrected chi connectivity index (χ1v) is 8.85. The molecule has 1 aliphatic heterocycles. The molecule has 0 bridgehead atoms. The van der Waals surface area contributed by atoms with Gasteiger partial charge in [0.25, 0.3) is 0 Å². The molecule has 0 radical (unpaired) electrons. The first-order chi connectivity index (χ1) is 9.48. The minimum absolute atomic E-state index is 0.102. The molecule has 0 aromatic carbocycles. The molecule has 1 aliphatic rings. The van der Waals surface area contributed by atoms with Crippen LogP contribution in [0.5, 0.6) is 0 Å². The lowest BCUT2D eigenvalue weighted by atomic mass is 10.2. The average Bonchev–Trinajstić information content (AvgIpc) is 2.25. The Morgan fingerprint density at radius 1 is 1.52 bits per heavy atom. The molecule has 0 saturated heterocycles. The summed E-state index contributed by atoms with van der Waals surface area (Å²) in [7, 11) is 0. The third kappa shape index (κ3) is 5.03. The van der Waals surface area contributed by atoms with E-state index in [0.717, 1.165) is 4.90 Å². The number of halogens is 3. The smallest absolute Gasteiger partial charge is 0.324 e. The predicted octanol–water partition coefficient (Wildman–Crippen LogP) is 3.17. The fourth-order valence-electron chi connectivity index (χ4n) is 1.83. The standard InChI is InChI=1S/C11H18F3N2O3PS/c1-5-18-20(17,21)19-9-6-8(4)15-10(11(12,13)14)16(9)7(2)3/h6-7,9H,5H2,1-4H3,(H,17,21). The number of amidine groups is 1. The lowest BCUT2D eigenvalue weighted by molar-refractivity contribution is -0.0794. The van der Waals surface area contributed by atoms with Crippen molar-refractivity contribution in [1.82, 2.24) is 4.90 Å². The van der Waals surface area contributed by atoms with Crippen LogP contribution in [0.25, 0.3) is 0 Å². The lowest BCUT2D eigenvalue weighted by Crippen LogP contribution is -2.52. The molecule has 0 aliphatic carbocycles. The summed E-state index contributed by atoms with van der Waals surface area (Å²) in [4.78, 5) is 14.3. The number of nitrogens with zero attached hydrogens (tertiary/aromatic N) is 2. The van der Waals surface area contributed by atoms with Gasteiger partial charge in [-0.3, -0.25) is 4.52 Å². The van der Waals surface area contributed by atoms with Crippen molar-refractivity contribution in [2.45, 2.75) is 46.1 Å². The van der Waals surface area contributed by atoms with Gasteiger partial charge in [0.05, 0.1) is 6.61 Å². The molecule has 5 nitrogen and oxygen atoms in total. The Bertz CT molecular complexity index is 494. The van der Waals surface area contributed by atoms with Crippen LogP contribution >= 0.6 is 6.72 Å². The molecule has 1 heterocycles. The maximum Gasteiger partial charge on any atom is 0.449 e. The summed E-state index contributed by atoms with van der Waals surface area (Å²) in [6, 6.07) is -0.559. The first-order valence-electron chi connectivity index (χ1n) is 6.26. The Labute approximate surface area is 126 Å². The largest absolute Gasteiger partial charge is 0.449 e. The second-order valence-electron chi connectivity index (χ2n) is 4.62. The van der Waals surface area contributed by atoms with Crippen LogP contribution in [0.1, 0.15) is 27.7 Å². The molecule has 1 rings (SSSR count). The molecule has 0 amide bonds. The van der Waals surface area contributed by atoms with E-state index >= 15 is 0 Å². The molecule has 0 aromatic rings. The molecule has 122 valence electrons. The third-order valence-corrected chi connectivity index (χ3v) is 4.17.